The lowest BCUT2D eigenvalue weighted by Gasteiger charge is -2.17. The fourth-order valence-corrected chi connectivity index (χ4v) is 4.17. The molecule has 0 bridgehead atoms. The normalized spacial score (nSPS) is 13.7. The third-order valence-electron chi connectivity index (χ3n) is 5.81. The Morgan fingerprint density at radius 3 is 2.30 bits per heavy atom. The summed E-state index contributed by atoms with van der Waals surface area (Å²) in [4.78, 5) is 25.6. The zero-order valence-electron chi connectivity index (χ0n) is 20.2. The lowest BCUT2D eigenvalue weighted by atomic mass is 10.0. The fourth-order valence-electron chi connectivity index (χ4n) is 4.17. The summed E-state index contributed by atoms with van der Waals surface area (Å²) in [6.07, 6.45) is -6.32. The predicted octanol–water partition coefficient (Wildman–Crippen LogP) is 6.51. The van der Waals surface area contributed by atoms with Crippen LogP contribution in [0.5, 0.6) is 17.2 Å². The zero-order valence-corrected chi connectivity index (χ0v) is 20.2. The van der Waals surface area contributed by atoms with Crippen LogP contribution >= 0.6 is 0 Å². The minimum Gasteiger partial charge on any atom is -0.505 e. The topological polar surface area (TPSA) is 121 Å². The van der Waals surface area contributed by atoms with E-state index in [4.69, 9.17) is 5.11 Å². The molecule has 40 heavy (non-hydrogen) atoms. The van der Waals surface area contributed by atoms with Crippen LogP contribution in [0.3, 0.4) is 0 Å². The van der Waals surface area contributed by atoms with E-state index in [1.54, 1.807) is 48.5 Å². The summed E-state index contributed by atoms with van der Waals surface area (Å²) in [6.45, 7) is 0. The number of ether oxygens (including phenoxy) is 2. The molecule has 0 aromatic heterocycles. The van der Waals surface area contributed by atoms with Crippen molar-refractivity contribution in [3.63, 3.8) is 0 Å². The van der Waals surface area contributed by atoms with E-state index in [9.17, 15) is 27.9 Å². The van der Waals surface area contributed by atoms with E-state index in [2.05, 4.69) is 20.0 Å². The van der Waals surface area contributed by atoms with Crippen LogP contribution < -0.4 is 19.8 Å². The molecule has 1 aliphatic heterocycles. The Hall–Kier alpha value is -5.52. The van der Waals surface area contributed by atoms with E-state index in [1.807, 2.05) is 0 Å². The van der Waals surface area contributed by atoms with Crippen molar-refractivity contribution in [2.75, 3.05) is 10.3 Å². The average molecular weight is 549 g/mol. The summed E-state index contributed by atoms with van der Waals surface area (Å²) in [5, 5.41) is 24.0. The Labute approximate surface area is 224 Å². The number of carbonyl (C=O) groups is 2. The number of amides is 1. The fraction of sp³-hybridized carbons (Fsp3) is 0.0357. The number of nitrogens with one attached hydrogen (secondary N) is 1. The number of anilines is 3. The monoisotopic (exact) mass is 549 g/mol. The van der Waals surface area contributed by atoms with Gasteiger partial charge in [-0.05, 0) is 54.1 Å². The van der Waals surface area contributed by atoms with E-state index < -0.39 is 24.2 Å². The van der Waals surface area contributed by atoms with E-state index in [0.29, 0.717) is 28.1 Å². The molecule has 1 heterocycles. The van der Waals surface area contributed by atoms with Crippen LogP contribution in [0.4, 0.5) is 35.0 Å². The molecule has 1 aliphatic rings. The number of rotatable bonds is 6. The Morgan fingerprint density at radius 1 is 0.875 bits per heavy atom. The number of alkyl halides is 3. The molecule has 3 N–H and O–H groups in total. The number of halogens is 3. The molecule has 202 valence electrons. The van der Waals surface area contributed by atoms with Gasteiger partial charge in [-0.2, -0.15) is 5.10 Å². The molecule has 4 aromatic rings. The number of fused-ring (bicyclic) bond motifs is 1. The van der Waals surface area contributed by atoms with E-state index >= 15 is 0 Å². The van der Waals surface area contributed by atoms with Crippen molar-refractivity contribution in [1.29, 1.82) is 0 Å². The molecule has 5 rings (SSSR count). The second kappa shape index (κ2) is 10.3. The van der Waals surface area contributed by atoms with Crippen molar-refractivity contribution in [3.05, 3.63) is 96.6 Å². The molecule has 0 saturated heterocycles. The minimum absolute atomic E-state index is 0.00729. The summed E-state index contributed by atoms with van der Waals surface area (Å²) >= 11 is 0. The second-order valence-electron chi connectivity index (χ2n) is 8.37. The molecular weight excluding hydrogens is 531 g/mol. The van der Waals surface area contributed by atoms with Gasteiger partial charge in [-0.15, -0.1) is 13.2 Å². The van der Waals surface area contributed by atoms with Gasteiger partial charge >= 0.3 is 12.5 Å². The smallest absolute Gasteiger partial charge is 0.505 e. The van der Waals surface area contributed by atoms with Crippen molar-refractivity contribution in [3.8, 4) is 28.4 Å². The first kappa shape index (κ1) is 26.1. The summed E-state index contributed by atoms with van der Waals surface area (Å²) in [7, 11) is 0. The van der Waals surface area contributed by atoms with Crippen molar-refractivity contribution >= 4 is 34.8 Å². The molecule has 1 amide bonds. The third kappa shape index (κ3) is 5.36. The van der Waals surface area contributed by atoms with Crippen molar-refractivity contribution in [2.45, 2.75) is 6.36 Å². The highest BCUT2D eigenvalue weighted by Gasteiger charge is 2.36. The number of hydrazone groups is 1. The quantitative estimate of drug-likeness (QED) is 0.109. The summed E-state index contributed by atoms with van der Waals surface area (Å²) < 4.78 is 46.2. The van der Waals surface area contributed by atoms with Crippen LogP contribution in [-0.4, -0.2) is 34.3 Å². The molecule has 0 unspecified atom stereocenters. The van der Waals surface area contributed by atoms with Crippen molar-refractivity contribution in [2.24, 2.45) is 5.10 Å². The molecular formula is C28H18F3N3O6. The Bertz CT molecular complexity index is 1640. The Kier molecular flexibility index (Phi) is 6.74. The van der Waals surface area contributed by atoms with Gasteiger partial charge in [0.15, 0.2) is 5.71 Å². The maximum Gasteiger partial charge on any atom is 0.573 e. The van der Waals surface area contributed by atoms with E-state index in [1.165, 1.54) is 35.2 Å². The van der Waals surface area contributed by atoms with Crippen LogP contribution in [0.2, 0.25) is 0 Å². The van der Waals surface area contributed by atoms with Crippen LogP contribution in [0.25, 0.3) is 11.1 Å². The Balaban J connectivity index is 1.44. The highest BCUT2D eigenvalue weighted by molar-refractivity contribution is 6.55. The summed E-state index contributed by atoms with van der Waals surface area (Å²) in [5.74, 6) is -1.13. The van der Waals surface area contributed by atoms with Gasteiger partial charge < -0.3 is 19.7 Å². The standard InChI is InChI=1S/C28H18F3N3O6/c29-28(30,31)40-18-13-11-17(12-14-18)34-23-10-2-1-7-21(23)24(26(34)36)33-32-22-9-4-8-20(25(22)35)16-5-3-6-19(15-16)39-27(37)38/h1-15,32,35H,(H,37,38). The Morgan fingerprint density at radius 2 is 1.57 bits per heavy atom. The number of carboxylic acid groups (broad SMARTS) is 1. The third-order valence-corrected chi connectivity index (χ3v) is 5.81. The number of para-hydroxylation sites is 2. The van der Waals surface area contributed by atoms with Gasteiger partial charge in [0.1, 0.15) is 17.2 Å². The SMILES string of the molecule is O=C(O)Oc1cccc(-c2cccc(NN=C3C(=O)N(c4ccc(OC(F)(F)F)cc4)c4ccccc43)c2O)c1. The number of aromatic hydroxyl groups is 1. The van der Waals surface area contributed by atoms with Crippen LogP contribution in [0, 0.1) is 0 Å². The lowest BCUT2D eigenvalue weighted by Crippen LogP contribution is -2.26. The highest BCUT2D eigenvalue weighted by atomic mass is 19.4. The van der Waals surface area contributed by atoms with Crippen LogP contribution in [-0.2, 0) is 4.79 Å². The summed E-state index contributed by atoms with van der Waals surface area (Å²) in [6, 6.07) is 22.5. The highest BCUT2D eigenvalue weighted by Crippen LogP contribution is 2.39. The first-order chi connectivity index (χ1) is 19.1. The number of benzene rings is 4. The van der Waals surface area contributed by atoms with Crippen molar-refractivity contribution in [1.82, 2.24) is 0 Å². The molecule has 0 aliphatic carbocycles. The van der Waals surface area contributed by atoms with E-state index in [0.717, 1.165) is 12.1 Å². The van der Waals surface area contributed by atoms with Gasteiger partial charge in [0.25, 0.3) is 5.91 Å². The number of hydrogen-bond acceptors (Lipinski definition) is 7. The number of phenols is 1. The van der Waals surface area contributed by atoms with Gasteiger partial charge in [-0.25, -0.2) is 4.79 Å². The van der Waals surface area contributed by atoms with E-state index in [-0.39, 0.29) is 22.9 Å². The molecule has 9 nitrogen and oxygen atoms in total. The predicted molar refractivity (Wildman–Crippen MR) is 139 cm³/mol. The van der Waals surface area contributed by atoms with Gasteiger partial charge in [-0.1, -0.05) is 42.5 Å². The maximum atomic E-state index is 13.4. The molecule has 4 aromatic carbocycles. The lowest BCUT2D eigenvalue weighted by molar-refractivity contribution is -0.274. The molecule has 0 saturated carbocycles. The summed E-state index contributed by atoms with van der Waals surface area (Å²) in [5.41, 5.74) is 4.92. The molecule has 12 heteroatoms. The molecule has 0 radical (unpaired) electrons. The second-order valence-corrected chi connectivity index (χ2v) is 8.37. The van der Waals surface area contributed by atoms with Crippen molar-refractivity contribution < 1.29 is 42.4 Å². The minimum atomic E-state index is -4.85. The van der Waals surface area contributed by atoms with Gasteiger partial charge in [0.2, 0.25) is 0 Å². The first-order valence-electron chi connectivity index (χ1n) is 11.6. The number of phenolic OH excluding ortho intramolecular Hbond substituents is 1. The van der Waals surface area contributed by atoms with Gasteiger partial charge in [0, 0.05) is 16.8 Å². The van der Waals surface area contributed by atoms with Gasteiger partial charge in [-0.3, -0.25) is 15.1 Å². The molecule has 0 atom stereocenters. The molecule has 0 spiro atoms. The largest absolute Gasteiger partial charge is 0.573 e. The van der Waals surface area contributed by atoms with Crippen LogP contribution in [0.1, 0.15) is 5.56 Å². The first-order valence-corrected chi connectivity index (χ1v) is 11.6. The molecule has 0 fully saturated rings. The van der Waals surface area contributed by atoms with Crippen LogP contribution in [0.15, 0.2) is 96.1 Å². The average Bonchev–Trinajstić information content (AvgIpc) is 3.18. The number of hydrogen-bond donors (Lipinski definition) is 3. The number of carbonyl (C=O) groups excluding carboxylic acids is 1. The number of nitrogens with zero attached hydrogens (tertiary/aromatic N) is 2. The van der Waals surface area contributed by atoms with Gasteiger partial charge in [0.05, 0.1) is 11.4 Å². The maximum absolute atomic E-state index is 13.4. The zero-order chi connectivity index (χ0) is 28.4.